The summed E-state index contributed by atoms with van der Waals surface area (Å²) in [6.07, 6.45) is 0.369. The summed E-state index contributed by atoms with van der Waals surface area (Å²) >= 11 is 0. The molecule has 0 aliphatic rings. The summed E-state index contributed by atoms with van der Waals surface area (Å²) in [4.78, 5) is 0. The highest BCUT2D eigenvalue weighted by Gasteiger charge is 2.13. The fourth-order valence-electron chi connectivity index (χ4n) is 1.67. The number of halogens is 3. The number of nitrogens with two attached hydrogens (primary N) is 1. The molecule has 0 radical (unpaired) electrons. The van der Waals surface area contributed by atoms with Gasteiger partial charge in [0.25, 0.3) is 0 Å². The van der Waals surface area contributed by atoms with Crippen LogP contribution in [0.5, 0.6) is 11.5 Å². The van der Waals surface area contributed by atoms with Crippen molar-refractivity contribution in [2.45, 2.75) is 6.42 Å². The lowest BCUT2D eigenvalue weighted by atomic mass is 10.1. The SMILES string of the molecule is NCCc1cc(F)c(Oc2cccc(F)c2)c(F)c1. The Morgan fingerprint density at radius 3 is 2.26 bits per heavy atom. The lowest BCUT2D eigenvalue weighted by molar-refractivity contribution is 0.404. The average molecular weight is 267 g/mol. The van der Waals surface area contributed by atoms with Crippen LogP contribution in [0.3, 0.4) is 0 Å². The van der Waals surface area contributed by atoms with Gasteiger partial charge in [-0.25, -0.2) is 13.2 Å². The molecule has 2 aromatic rings. The third-order valence-corrected chi connectivity index (χ3v) is 2.51. The first-order valence-electron chi connectivity index (χ1n) is 5.71. The number of hydrogen-bond acceptors (Lipinski definition) is 2. The normalized spacial score (nSPS) is 10.5. The standard InChI is InChI=1S/C14H12F3NO/c15-10-2-1-3-11(8-10)19-14-12(16)6-9(4-5-18)7-13(14)17/h1-3,6-8H,4-5,18H2. The molecular formula is C14H12F3NO. The molecule has 0 aromatic heterocycles. The molecule has 2 nitrogen and oxygen atoms in total. The molecule has 0 fully saturated rings. The van der Waals surface area contributed by atoms with Crippen LogP contribution in [0.15, 0.2) is 36.4 Å². The molecular weight excluding hydrogens is 255 g/mol. The Balaban J connectivity index is 2.30. The van der Waals surface area contributed by atoms with Crippen molar-refractivity contribution in [1.29, 1.82) is 0 Å². The van der Waals surface area contributed by atoms with Gasteiger partial charge in [0.2, 0.25) is 0 Å². The Hall–Kier alpha value is -2.01. The maximum atomic E-state index is 13.7. The highest BCUT2D eigenvalue weighted by molar-refractivity contribution is 5.36. The van der Waals surface area contributed by atoms with E-state index >= 15 is 0 Å². The molecule has 5 heteroatoms. The van der Waals surface area contributed by atoms with E-state index < -0.39 is 23.2 Å². The second-order valence-corrected chi connectivity index (χ2v) is 3.99. The molecule has 0 heterocycles. The summed E-state index contributed by atoms with van der Waals surface area (Å²) in [5.41, 5.74) is 5.77. The topological polar surface area (TPSA) is 35.2 Å². The zero-order chi connectivity index (χ0) is 13.8. The van der Waals surface area contributed by atoms with Crippen LogP contribution in [0, 0.1) is 17.5 Å². The largest absolute Gasteiger partial charge is 0.451 e. The number of hydrogen-bond donors (Lipinski definition) is 1. The maximum absolute atomic E-state index is 13.7. The van der Waals surface area contributed by atoms with Crippen molar-refractivity contribution in [2.75, 3.05) is 6.54 Å². The first kappa shape index (κ1) is 13.4. The summed E-state index contributed by atoms with van der Waals surface area (Å²) in [7, 11) is 0. The molecule has 0 aliphatic heterocycles. The fraction of sp³-hybridized carbons (Fsp3) is 0.143. The van der Waals surface area contributed by atoms with E-state index in [0.29, 0.717) is 18.5 Å². The first-order valence-corrected chi connectivity index (χ1v) is 5.71. The van der Waals surface area contributed by atoms with Gasteiger partial charge in [0.15, 0.2) is 17.4 Å². The molecule has 0 amide bonds. The van der Waals surface area contributed by atoms with Crippen LogP contribution in [0.1, 0.15) is 5.56 Å². The summed E-state index contributed by atoms with van der Waals surface area (Å²) in [6, 6.07) is 7.38. The van der Waals surface area contributed by atoms with E-state index in [-0.39, 0.29) is 5.75 Å². The zero-order valence-electron chi connectivity index (χ0n) is 10.00. The van der Waals surface area contributed by atoms with Crippen LogP contribution in [0.25, 0.3) is 0 Å². The Kier molecular flexibility index (Phi) is 4.06. The molecule has 0 saturated heterocycles. The van der Waals surface area contributed by atoms with E-state index in [2.05, 4.69) is 0 Å². The van der Waals surface area contributed by atoms with Crippen LogP contribution in [-0.2, 0) is 6.42 Å². The number of ether oxygens (including phenoxy) is 1. The van der Waals surface area contributed by atoms with Gasteiger partial charge in [0.1, 0.15) is 11.6 Å². The first-order chi connectivity index (χ1) is 9.10. The molecule has 2 N–H and O–H groups in total. The van der Waals surface area contributed by atoms with E-state index in [9.17, 15) is 13.2 Å². The quantitative estimate of drug-likeness (QED) is 0.921. The second-order valence-electron chi connectivity index (χ2n) is 3.99. The van der Waals surface area contributed by atoms with Crippen LogP contribution < -0.4 is 10.5 Å². The van der Waals surface area contributed by atoms with E-state index in [1.54, 1.807) is 0 Å². The molecule has 0 spiro atoms. The fourth-order valence-corrected chi connectivity index (χ4v) is 1.67. The summed E-state index contributed by atoms with van der Waals surface area (Å²) in [5.74, 6) is -2.74. The van der Waals surface area contributed by atoms with Gasteiger partial charge in [-0.1, -0.05) is 6.07 Å². The third-order valence-electron chi connectivity index (χ3n) is 2.51. The van der Waals surface area contributed by atoms with E-state index in [4.69, 9.17) is 10.5 Å². The molecule has 2 aromatic carbocycles. The number of benzene rings is 2. The van der Waals surface area contributed by atoms with E-state index in [1.807, 2.05) is 0 Å². The van der Waals surface area contributed by atoms with Crippen molar-refractivity contribution in [3.05, 3.63) is 59.4 Å². The molecule has 2 rings (SSSR count). The van der Waals surface area contributed by atoms with Crippen molar-refractivity contribution in [3.8, 4) is 11.5 Å². The van der Waals surface area contributed by atoms with Gasteiger partial charge in [-0.2, -0.15) is 0 Å². The van der Waals surface area contributed by atoms with Crippen LogP contribution in [0.2, 0.25) is 0 Å². The minimum absolute atomic E-state index is 0.0318. The van der Waals surface area contributed by atoms with Gasteiger partial charge >= 0.3 is 0 Å². The Labute approximate surface area is 108 Å². The average Bonchev–Trinajstić information content (AvgIpc) is 2.34. The lowest BCUT2D eigenvalue weighted by Gasteiger charge is -2.09. The second kappa shape index (κ2) is 5.75. The van der Waals surface area contributed by atoms with Crippen LogP contribution in [0.4, 0.5) is 13.2 Å². The van der Waals surface area contributed by atoms with E-state index in [1.165, 1.54) is 18.2 Å². The number of rotatable bonds is 4. The summed E-state index contributed by atoms with van der Waals surface area (Å²) in [5, 5.41) is 0. The van der Waals surface area contributed by atoms with Gasteiger partial charge < -0.3 is 10.5 Å². The molecule has 100 valence electrons. The van der Waals surface area contributed by atoms with Gasteiger partial charge in [0.05, 0.1) is 0 Å². The summed E-state index contributed by atoms with van der Waals surface area (Å²) in [6.45, 7) is 0.295. The van der Waals surface area contributed by atoms with Gasteiger partial charge in [-0.05, 0) is 42.8 Å². The predicted octanol–water partition coefficient (Wildman–Crippen LogP) is 3.40. The van der Waals surface area contributed by atoms with E-state index in [0.717, 1.165) is 18.2 Å². The van der Waals surface area contributed by atoms with Crippen molar-refractivity contribution < 1.29 is 17.9 Å². The Bertz CT molecular complexity index is 564. The lowest BCUT2D eigenvalue weighted by Crippen LogP contribution is -2.04. The summed E-state index contributed by atoms with van der Waals surface area (Å²) < 4.78 is 45.4. The minimum Gasteiger partial charge on any atom is -0.451 e. The highest BCUT2D eigenvalue weighted by atomic mass is 19.1. The van der Waals surface area contributed by atoms with Crippen LogP contribution >= 0.6 is 0 Å². The Morgan fingerprint density at radius 1 is 1.00 bits per heavy atom. The molecule has 19 heavy (non-hydrogen) atoms. The molecule has 0 bridgehead atoms. The van der Waals surface area contributed by atoms with Crippen LogP contribution in [-0.4, -0.2) is 6.54 Å². The van der Waals surface area contributed by atoms with Crippen molar-refractivity contribution in [3.63, 3.8) is 0 Å². The van der Waals surface area contributed by atoms with Gasteiger partial charge in [0, 0.05) is 6.07 Å². The predicted molar refractivity (Wildman–Crippen MR) is 65.6 cm³/mol. The third kappa shape index (κ3) is 3.26. The van der Waals surface area contributed by atoms with Gasteiger partial charge in [-0.15, -0.1) is 0 Å². The monoisotopic (exact) mass is 267 g/mol. The molecule has 0 saturated carbocycles. The zero-order valence-corrected chi connectivity index (χ0v) is 10.00. The molecule has 0 atom stereocenters. The maximum Gasteiger partial charge on any atom is 0.198 e. The Morgan fingerprint density at radius 2 is 1.68 bits per heavy atom. The van der Waals surface area contributed by atoms with Crippen molar-refractivity contribution in [1.82, 2.24) is 0 Å². The minimum atomic E-state index is -0.840. The molecule has 0 unspecified atom stereocenters. The van der Waals surface area contributed by atoms with Crippen molar-refractivity contribution in [2.24, 2.45) is 5.73 Å². The van der Waals surface area contributed by atoms with Gasteiger partial charge in [-0.3, -0.25) is 0 Å². The molecule has 0 aliphatic carbocycles. The highest BCUT2D eigenvalue weighted by Crippen LogP contribution is 2.29. The smallest absolute Gasteiger partial charge is 0.198 e. The van der Waals surface area contributed by atoms with Crippen molar-refractivity contribution >= 4 is 0 Å².